The molecule has 2 amide bonds. The lowest BCUT2D eigenvalue weighted by Crippen LogP contribution is -2.48. The van der Waals surface area contributed by atoms with Crippen LogP contribution in [0.1, 0.15) is 33.3 Å². The third kappa shape index (κ3) is 6.07. The summed E-state index contributed by atoms with van der Waals surface area (Å²) in [5.41, 5.74) is 1.04. The standard InChI is InChI=1S/C27H29FN2O4S/c1-33-16-7-14-29(27(32)21-10-5-6-11-23(21)28)18-26(31)30-15-12-25-22(13-17-35-25)24(30)19-34-20-8-3-2-4-9-20/h2-6,8-11,13,17,24H,7,12,14-16,18-19H2,1H3/t24-/m0/s1. The molecule has 1 atom stereocenters. The number of hydrogen-bond donors (Lipinski definition) is 0. The molecule has 0 radical (unpaired) electrons. The van der Waals surface area contributed by atoms with Gasteiger partial charge in [0.15, 0.2) is 0 Å². The summed E-state index contributed by atoms with van der Waals surface area (Å²) in [5, 5.41) is 2.03. The van der Waals surface area contributed by atoms with E-state index in [9.17, 15) is 14.0 Å². The lowest BCUT2D eigenvalue weighted by atomic mass is 10.0. The topological polar surface area (TPSA) is 59.1 Å². The first-order valence-electron chi connectivity index (χ1n) is 11.6. The van der Waals surface area contributed by atoms with Gasteiger partial charge in [0.25, 0.3) is 5.91 Å². The van der Waals surface area contributed by atoms with Gasteiger partial charge >= 0.3 is 0 Å². The molecule has 35 heavy (non-hydrogen) atoms. The van der Waals surface area contributed by atoms with Crippen LogP contribution in [-0.4, -0.2) is 61.6 Å². The van der Waals surface area contributed by atoms with Crippen molar-refractivity contribution in [2.75, 3.05) is 40.0 Å². The smallest absolute Gasteiger partial charge is 0.257 e. The minimum Gasteiger partial charge on any atom is -0.491 e. The van der Waals surface area contributed by atoms with Gasteiger partial charge in [0, 0.05) is 31.7 Å². The van der Waals surface area contributed by atoms with Crippen molar-refractivity contribution in [3.8, 4) is 5.75 Å². The van der Waals surface area contributed by atoms with Crippen LogP contribution >= 0.6 is 11.3 Å². The number of halogens is 1. The highest BCUT2D eigenvalue weighted by Crippen LogP contribution is 2.34. The molecule has 0 spiro atoms. The van der Waals surface area contributed by atoms with Crippen LogP contribution in [-0.2, 0) is 16.0 Å². The van der Waals surface area contributed by atoms with Crippen molar-refractivity contribution < 1.29 is 23.5 Å². The molecule has 1 aromatic heterocycles. The second-order valence-corrected chi connectivity index (χ2v) is 9.33. The zero-order valence-electron chi connectivity index (χ0n) is 19.7. The van der Waals surface area contributed by atoms with E-state index in [-0.39, 0.29) is 30.6 Å². The molecule has 1 aliphatic rings. The minimum atomic E-state index is -0.600. The Morgan fingerprint density at radius 2 is 1.89 bits per heavy atom. The SMILES string of the molecule is COCCCN(CC(=O)N1CCc2sccc2[C@@H]1COc1ccccc1)C(=O)c1ccccc1F. The number of para-hydroxylation sites is 1. The van der Waals surface area contributed by atoms with Crippen LogP contribution in [0.15, 0.2) is 66.0 Å². The highest BCUT2D eigenvalue weighted by molar-refractivity contribution is 7.10. The predicted octanol–water partition coefficient (Wildman–Crippen LogP) is 4.57. The molecule has 0 bridgehead atoms. The molecule has 184 valence electrons. The van der Waals surface area contributed by atoms with Crippen LogP contribution in [0.25, 0.3) is 0 Å². The van der Waals surface area contributed by atoms with Crippen LogP contribution in [0.3, 0.4) is 0 Å². The van der Waals surface area contributed by atoms with E-state index in [0.717, 1.165) is 17.7 Å². The number of thiophene rings is 1. The van der Waals surface area contributed by atoms with E-state index in [4.69, 9.17) is 9.47 Å². The number of carbonyl (C=O) groups excluding carboxylic acids is 2. The Morgan fingerprint density at radius 3 is 2.66 bits per heavy atom. The third-order valence-electron chi connectivity index (χ3n) is 6.06. The fourth-order valence-corrected chi connectivity index (χ4v) is 5.21. The monoisotopic (exact) mass is 496 g/mol. The fraction of sp³-hybridized carbons (Fsp3) is 0.333. The number of benzene rings is 2. The molecule has 6 nitrogen and oxygen atoms in total. The molecule has 2 heterocycles. The lowest BCUT2D eigenvalue weighted by Gasteiger charge is -2.37. The maximum absolute atomic E-state index is 14.4. The quantitative estimate of drug-likeness (QED) is 0.386. The highest BCUT2D eigenvalue weighted by atomic mass is 32.1. The van der Waals surface area contributed by atoms with Gasteiger partial charge in [-0.05, 0) is 54.1 Å². The normalized spacial score (nSPS) is 14.9. The molecule has 0 aliphatic carbocycles. The van der Waals surface area contributed by atoms with Crippen molar-refractivity contribution in [2.45, 2.75) is 18.9 Å². The molecule has 1 aliphatic heterocycles. The number of methoxy groups -OCH3 is 1. The summed E-state index contributed by atoms with van der Waals surface area (Å²) in [6.45, 7) is 1.43. The Bertz CT molecular complexity index is 1140. The van der Waals surface area contributed by atoms with Gasteiger partial charge in [-0.25, -0.2) is 4.39 Å². The maximum Gasteiger partial charge on any atom is 0.257 e. The Hall–Kier alpha value is -3.23. The molecule has 0 N–H and O–H groups in total. The Balaban J connectivity index is 1.53. The molecule has 8 heteroatoms. The molecule has 2 aromatic carbocycles. The predicted molar refractivity (Wildman–Crippen MR) is 133 cm³/mol. The Kier molecular flexibility index (Phi) is 8.50. The first kappa shape index (κ1) is 24.9. The summed E-state index contributed by atoms with van der Waals surface area (Å²) in [7, 11) is 1.58. The maximum atomic E-state index is 14.4. The Labute approximate surface area is 208 Å². The van der Waals surface area contributed by atoms with Gasteiger partial charge in [-0.1, -0.05) is 30.3 Å². The molecular formula is C27H29FN2O4S. The zero-order valence-corrected chi connectivity index (χ0v) is 20.5. The van der Waals surface area contributed by atoms with Crippen molar-refractivity contribution in [3.63, 3.8) is 0 Å². The van der Waals surface area contributed by atoms with Crippen molar-refractivity contribution >= 4 is 23.2 Å². The van der Waals surface area contributed by atoms with E-state index in [1.165, 1.54) is 28.0 Å². The van der Waals surface area contributed by atoms with E-state index < -0.39 is 11.7 Å². The molecular weight excluding hydrogens is 467 g/mol. The number of rotatable bonds is 10. The summed E-state index contributed by atoms with van der Waals surface area (Å²) in [6, 6.07) is 17.1. The molecule has 0 saturated carbocycles. The van der Waals surface area contributed by atoms with E-state index in [1.807, 2.05) is 41.8 Å². The van der Waals surface area contributed by atoms with Gasteiger partial charge in [-0.3, -0.25) is 9.59 Å². The number of amides is 2. The van der Waals surface area contributed by atoms with Crippen LogP contribution in [0.2, 0.25) is 0 Å². The zero-order chi connectivity index (χ0) is 24.6. The van der Waals surface area contributed by atoms with Crippen LogP contribution in [0, 0.1) is 5.82 Å². The van der Waals surface area contributed by atoms with Gasteiger partial charge in [-0.2, -0.15) is 0 Å². The summed E-state index contributed by atoms with van der Waals surface area (Å²) in [5.74, 6) is -0.557. The number of carbonyl (C=O) groups is 2. The van der Waals surface area contributed by atoms with Gasteiger partial charge < -0.3 is 19.3 Å². The van der Waals surface area contributed by atoms with E-state index >= 15 is 0 Å². The van der Waals surface area contributed by atoms with Crippen LogP contribution in [0.5, 0.6) is 5.75 Å². The molecule has 4 rings (SSSR count). The van der Waals surface area contributed by atoms with Crippen LogP contribution < -0.4 is 4.74 Å². The third-order valence-corrected chi connectivity index (χ3v) is 7.06. The molecule has 0 fully saturated rings. The summed E-state index contributed by atoms with van der Waals surface area (Å²) in [4.78, 5) is 31.2. The largest absolute Gasteiger partial charge is 0.491 e. The second kappa shape index (κ2) is 12.0. The van der Waals surface area contributed by atoms with Crippen molar-refractivity contribution in [1.82, 2.24) is 9.80 Å². The summed E-state index contributed by atoms with van der Waals surface area (Å²) < 4.78 is 25.5. The summed E-state index contributed by atoms with van der Waals surface area (Å²) in [6.07, 6.45) is 1.30. The van der Waals surface area contributed by atoms with Gasteiger partial charge in [-0.15, -0.1) is 11.3 Å². The van der Waals surface area contributed by atoms with E-state index in [2.05, 4.69) is 0 Å². The number of fused-ring (bicyclic) bond motifs is 1. The lowest BCUT2D eigenvalue weighted by molar-refractivity contribution is -0.135. The average Bonchev–Trinajstić information content (AvgIpc) is 3.36. The summed E-state index contributed by atoms with van der Waals surface area (Å²) >= 11 is 1.68. The molecule has 0 unspecified atom stereocenters. The fourth-order valence-electron chi connectivity index (χ4n) is 4.28. The first-order valence-corrected chi connectivity index (χ1v) is 12.5. The van der Waals surface area contributed by atoms with Gasteiger partial charge in [0.1, 0.15) is 24.7 Å². The van der Waals surface area contributed by atoms with Crippen molar-refractivity contribution in [3.05, 3.63) is 87.9 Å². The van der Waals surface area contributed by atoms with E-state index in [0.29, 0.717) is 26.2 Å². The van der Waals surface area contributed by atoms with Crippen molar-refractivity contribution in [1.29, 1.82) is 0 Å². The number of hydrogen-bond acceptors (Lipinski definition) is 5. The molecule has 0 saturated heterocycles. The number of ether oxygens (including phenoxy) is 2. The first-order chi connectivity index (χ1) is 17.1. The Morgan fingerprint density at radius 1 is 1.11 bits per heavy atom. The van der Waals surface area contributed by atoms with Gasteiger partial charge in [0.2, 0.25) is 5.91 Å². The van der Waals surface area contributed by atoms with Gasteiger partial charge in [0.05, 0.1) is 11.6 Å². The molecule has 3 aromatic rings. The van der Waals surface area contributed by atoms with Crippen molar-refractivity contribution in [2.24, 2.45) is 0 Å². The van der Waals surface area contributed by atoms with E-state index in [1.54, 1.807) is 29.4 Å². The highest BCUT2D eigenvalue weighted by Gasteiger charge is 2.33. The number of nitrogens with zero attached hydrogens (tertiary/aromatic N) is 2. The minimum absolute atomic E-state index is 0.0413. The van der Waals surface area contributed by atoms with Crippen LogP contribution in [0.4, 0.5) is 4.39 Å². The second-order valence-electron chi connectivity index (χ2n) is 8.33. The average molecular weight is 497 g/mol.